The Bertz CT molecular complexity index is 407. The molecule has 0 aromatic heterocycles. The summed E-state index contributed by atoms with van der Waals surface area (Å²) in [4.78, 5) is 11.9. The number of rotatable bonds is 6. The van der Waals surface area contributed by atoms with E-state index in [0.717, 1.165) is 5.56 Å². The van der Waals surface area contributed by atoms with Crippen molar-refractivity contribution in [3.05, 3.63) is 48.6 Å². The summed E-state index contributed by atoms with van der Waals surface area (Å²) < 4.78 is 0. The number of nitrogens with one attached hydrogen (secondary N) is 2. The lowest BCUT2D eigenvalue weighted by Gasteiger charge is -2.32. The molecule has 0 aliphatic rings. The van der Waals surface area contributed by atoms with Crippen molar-refractivity contribution >= 4 is 5.91 Å². The van der Waals surface area contributed by atoms with Crippen LogP contribution in [-0.4, -0.2) is 19.0 Å². The molecular formula is C16H24N2O. The van der Waals surface area contributed by atoms with Crippen LogP contribution < -0.4 is 10.6 Å². The fourth-order valence-electron chi connectivity index (χ4n) is 1.95. The molecule has 104 valence electrons. The molecule has 0 saturated carbocycles. The molecule has 3 nitrogen and oxygen atoms in total. The Labute approximate surface area is 116 Å². The Balaban J connectivity index is 2.72. The highest BCUT2D eigenvalue weighted by Gasteiger charge is 2.27. The van der Waals surface area contributed by atoms with E-state index < -0.39 is 0 Å². The lowest BCUT2D eigenvalue weighted by atomic mass is 9.82. The standard InChI is InChI=1S/C16H24N2O/c1-5-11-17-12-14(19)18-15(16(2,3)4)13-9-7-6-8-10-13/h5-10,15,17H,1,11-12H2,2-4H3,(H,18,19). The molecule has 2 N–H and O–H groups in total. The van der Waals surface area contributed by atoms with Crippen LogP contribution in [0.5, 0.6) is 0 Å². The van der Waals surface area contributed by atoms with Crippen LogP contribution in [0.2, 0.25) is 0 Å². The summed E-state index contributed by atoms with van der Waals surface area (Å²) in [5.74, 6) is 0.00521. The summed E-state index contributed by atoms with van der Waals surface area (Å²) >= 11 is 0. The quantitative estimate of drug-likeness (QED) is 0.610. The topological polar surface area (TPSA) is 41.1 Å². The molecular weight excluding hydrogens is 236 g/mol. The summed E-state index contributed by atoms with van der Waals surface area (Å²) in [7, 11) is 0. The molecule has 1 aromatic carbocycles. The zero-order valence-electron chi connectivity index (χ0n) is 12.1. The van der Waals surface area contributed by atoms with E-state index in [4.69, 9.17) is 0 Å². The van der Waals surface area contributed by atoms with Crippen molar-refractivity contribution in [1.29, 1.82) is 0 Å². The van der Waals surface area contributed by atoms with Crippen LogP contribution in [0.3, 0.4) is 0 Å². The maximum atomic E-state index is 11.9. The third-order valence-corrected chi connectivity index (χ3v) is 2.88. The molecule has 0 spiro atoms. The van der Waals surface area contributed by atoms with Gasteiger partial charge in [0.05, 0.1) is 12.6 Å². The first-order chi connectivity index (χ1) is 8.95. The van der Waals surface area contributed by atoms with Gasteiger partial charge in [0.2, 0.25) is 5.91 Å². The van der Waals surface area contributed by atoms with Crippen LogP contribution in [0.15, 0.2) is 43.0 Å². The predicted molar refractivity (Wildman–Crippen MR) is 79.8 cm³/mol. The number of hydrogen-bond donors (Lipinski definition) is 2. The number of benzene rings is 1. The van der Waals surface area contributed by atoms with Crippen molar-refractivity contribution in [3.63, 3.8) is 0 Å². The molecule has 3 heteroatoms. The molecule has 0 bridgehead atoms. The minimum absolute atomic E-state index is 0.00521. The molecule has 1 amide bonds. The number of carbonyl (C=O) groups excluding carboxylic acids is 1. The van der Waals surface area contributed by atoms with Crippen molar-refractivity contribution in [2.45, 2.75) is 26.8 Å². The Kier molecular flexibility index (Phi) is 5.77. The second kappa shape index (κ2) is 7.10. The normalized spacial score (nSPS) is 12.8. The van der Waals surface area contributed by atoms with Crippen molar-refractivity contribution in [3.8, 4) is 0 Å². The smallest absolute Gasteiger partial charge is 0.234 e. The van der Waals surface area contributed by atoms with Gasteiger partial charge in [-0.15, -0.1) is 6.58 Å². The Morgan fingerprint density at radius 1 is 1.32 bits per heavy atom. The predicted octanol–water partition coefficient (Wildman–Crippen LogP) is 2.67. The number of amides is 1. The SMILES string of the molecule is C=CCNCC(=O)NC(c1ccccc1)C(C)(C)C. The molecule has 0 saturated heterocycles. The fourth-order valence-corrected chi connectivity index (χ4v) is 1.95. The summed E-state index contributed by atoms with van der Waals surface area (Å²) in [6.45, 7) is 10.9. The van der Waals surface area contributed by atoms with E-state index in [0.29, 0.717) is 13.1 Å². The largest absolute Gasteiger partial charge is 0.348 e. The lowest BCUT2D eigenvalue weighted by molar-refractivity contribution is -0.121. The number of carbonyl (C=O) groups is 1. The second-order valence-electron chi connectivity index (χ2n) is 5.70. The maximum absolute atomic E-state index is 11.9. The van der Waals surface area contributed by atoms with Gasteiger partial charge in [0, 0.05) is 6.54 Å². The number of hydrogen-bond acceptors (Lipinski definition) is 2. The molecule has 1 aromatic rings. The molecule has 0 fully saturated rings. The van der Waals surface area contributed by atoms with Gasteiger partial charge in [-0.3, -0.25) is 4.79 Å². The fraction of sp³-hybridized carbons (Fsp3) is 0.438. The van der Waals surface area contributed by atoms with Gasteiger partial charge in [-0.25, -0.2) is 0 Å². The molecule has 19 heavy (non-hydrogen) atoms. The average molecular weight is 260 g/mol. The zero-order valence-corrected chi connectivity index (χ0v) is 12.1. The van der Waals surface area contributed by atoms with Gasteiger partial charge in [-0.1, -0.05) is 57.2 Å². The zero-order chi connectivity index (χ0) is 14.3. The van der Waals surface area contributed by atoms with E-state index in [2.05, 4.69) is 38.0 Å². The van der Waals surface area contributed by atoms with Crippen molar-refractivity contribution in [2.24, 2.45) is 5.41 Å². The summed E-state index contributed by atoms with van der Waals surface area (Å²) in [5.41, 5.74) is 1.10. The van der Waals surface area contributed by atoms with Crippen molar-refractivity contribution < 1.29 is 4.79 Å². The third kappa shape index (κ3) is 5.26. The first-order valence-corrected chi connectivity index (χ1v) is 6.61. The minimum atomic E-state index is -0.0323. The highest BCUT2D eigenvalue weighted by molar-refractivity contribution is 5.78. The van der Waals surface area contributed by atoms with Gasteiger partial charge in [0.25, 0.3) is 0 Å². The van der Waals surface area contributed by atoms with Gasteiger partial charge in [-0.2, -0.15) is 0 Å². The van der Waals surface area contributed by atoms with Crippen LogP contribution in [0.25, 0.3) is 0 Å². The van der Waals surface area contributed by atoms with E-state index in [1.165, 1.54) is 0 Å². The Hall–Kier alpha value is -1.61. The first-order valence-electron chi connectivity index (χ1n) is 6.61. The van der Waals surface area contributed by atoms with Gasteiger partial charge >= 0.3 is 0 Å². The van der Waals surface area contributed by atoms with E-state index in [1.807, 2.05) is 30.3 Å². The molecule has 0 aliphatic heterocycles. The van der Waals surface area contributed by atoms with Crippen LogP contribution >= 0.6 is 0 Å². The molecule has 1 rings (SSSR count). The molecule has 0 radical (unpaired) electrons. The summed E-state index contributed by atoms with van der Waals surface area (Å²) in [5, 5.41) is 6.11. The summed E-state index contributed by atoms with van der Waals surface area (Å²) in [6, 6.07) is 10.1. The monoisotopic (exact) mass is 260 g/mol. The average Bonchev–Trinajstić information content (AvgIpc) is 2.36. The van der Waals surface area contributed by atoms with Gasteiger partial charge in [0.1, 0.15) is 0 Å². The van der Waals surface area contributed by atoms with Crippen LogP contribution in [0, 0.1) is 5.41 Å². The van der Waals surface area contributed by atoms with E-state index >= 15 is 0 Å². The van der Waals surface area contributed by atoms with Crippen LogP contribution in [0.4, 0.5) is 0 Å². The van der Waals surface area contributed by atoms with E-state index in [1.54, 1.807) is 6.08 Å². The van der Waals surface area contributed by atoms with Crippen molar-refractivity contribution in [1.82, 2.24) is 10.6 Å². The van der Waals surface area contributed by atoms with E-state index in [-0.39, 0.29) is 17.4 Å². The maximum Gasteiger partial charge on any atom is 0.234 e. The minimum Gasteiger partial charge on any atom is -0.348 e. The van der Waals surface area contributed by atoms with Gasteiger partial charge < -0.3 is 10.6 Å². The highest BCUT2D eigenvalue weighted by Crippen LogP contribution is 2.32. The van der Waals surface area contributed by atoms with E-state index in [9.17, 15) is 4.79 Å². The lowest BCUT2D eigenvalue weighted by Crippen LogP contribution is -2.41. The molecule has 0 aliphatic carbocycles. The Morgan fingerprint density at radius 3 is 2.47 bits per heavy atom. The molecule has 1 unspecified atom stereocenters. The second-order valence-corrected chi connectivity index (χ2v) is 5.70. The van der Waals surface area contributed by atoms with Crippen LogP contribution in [-0.2, 0) is 4.79 Å². The van der Waals surface area contributed by atoms with Gasteiger partial charge in [-0.05, 0) is 11.0 Å². The van der Waals surface area contributed by atoms with Gasteiger partial charge in [0.15, 0.2) is 0 Å². The summed E-state index contributed by atoms with van der Waals surface area (Å²) in [6.07, 6.45) is 1.74. The molecule has 0 heterocycles. The first kappa shape index (κ1) is 15.4. The molecule has 1 atom stereocenters. The Morgan fingerprint density at radius 2 is 1.95 bits per heavy atom. The van der Waals surface area contributed by atoms with Crippen molar-refractivity contribution in [2.75, 3.05) is 13.1 Å². The highest BCUT2D eigenvalue weighted by atomic mass is 16.2. The van der Waals surface area contributed by atoms with Crippen LogP contribution in [0.1, 0.15) is 32.4 Å². The third-order valence-electron chi connectivity index (χ3n) is 2.88.